The van der Waals surface area contributed by atoms with Crippen LogP contribution in [0.1, 0.15) is 11.5 Å². The van der Waals surface area contributed by atoms with E-state index in [4.69, 9.17) is 11.5 Å². The average Bonchev–Trinajstić information content (AvgIpc) is 3.00. The highest BCUT2D eigenvalue weighted by atomic mass is 79.9. The summed E-state index contributed by atoms with van der Waals surface area (Å²) in [6.45, 7) is 0.587. The topological polar surface area (TPSA) is 86.2 Å². The summed E-state index contributed by atoms with van der Waals surface area (Å²) in [6.07, 6.45) is 1.26. The number of sulfone groups is 1. The van der Waals surface area contributed by atoms with Gasteiger partial charge in [0.2, 0.25) is 0 Å². The Bertz CT molecular complexity index is 538. The van der Waals surface area contributed by atoms with E-state index in [-0.39, 0.29) is 5.92 Å². The fraction of sp³-hybridized carbons (Fsp3) is 0.500. The molecule has 0 spiro atoms. The Morgan fingerprint density at radius 1 is 1.22 bits per heavy atom. The average molecular weight is 333 g/mol. The molecular weight excluding hydrogens is 316 g/mol. The predicted molar refractivity (Wildman–Crippen MR) is 76.1 cm³/mol. The van der Waals surface area contributed by atoms with Gasteiger partial charge >= 0.3 is 0 Å². The Kier molecular flexibility index (Phi) is 3.57. The number of rotatable bonds is 4. The van der Waals surface area contributed by atoms with Gasteiger partial charge in [-0.1, -0.05) is 28.1 Å². The van der Waals surface area contributed by atoms with Gasteiger partial charge in [0, 0.05) is 35.2 Å². The number of halogens is 1. The normalized spacial score (nSPS) is 26.0. The van der Waals surface area contributed by atoms with E-state index in [9.17, 15) is 8.42 Å². The summed E-state index contributed by atoms with van der Waals surface area (Å²) in [5.41, 5.74) is 12.0. The molecule has 4 N–H and O–H groups in total. The van der Waals surface area contributed by atoms with Gasteiger partial charge in [-0.05, 0) is 17.7 Å². The molecule has 6 heteroatoms. The lowest BCUT2D eigenvalue weighted by Crippen LogP contribution is -2.31. The van der Waals surface area contributed by atoms with Crippen molar-refractivity contribution in [3.05, 3.63) is 34.3 Å². The Hall–Kier alpha value is -0.430. The molecule has 2 rings (SSSR count). The van der Waals surface area contributed by atoms with Crippen molar-refractivity contribution in [2.75, 3.05) is 19.3 Å². The van der Waals surface area contributed by atoms with E-state index in [0.29, 0.717) is 13.1 Å². The molecule has 4 nitrogen and oxygen atoms in total. The molecule has 0 amide bonds. The number of benzene rings is 1. The van der Waals surface area contributed by atoms with Crippen LogP contribution in [-0.2, 0) is 9.84 Å². The van der Waals surface area contributed by atoms with Crippen LogP contribution in [0.5, 0.6) is 0 Å². The van der Waals surface area contributed by atoms with Crippen LogP contribution in [0.25, 0.3) is 0 Å². The van der Waals surface area contributed by atoms with Crippen molar-refractivity contribution in [3.8, 4) is 0 Å². The van der Waals surface area contributed by atoms with Crippen LogP contribution in [0.2, 0.25) is 0 Å². The maximum absolute atomic E-state index is 11.9. The summed E-state index contributed by atoms with van der Waals surface area (Å²) >= 11 is 3.36. The molecule has 18 heavy (non-hydrogen) atoms. The fourth-order valence-corrected chi connectivity index (χ4v) is 5.17. The highest BCUT2D eigenvalue weighted by molar-refractivity contribution is 9.10. The molecule has 1 aliphatic rings. The van der Waals surface area contributed by atoms with E-state index in [0.717, 1.165) is 10.0 Å². The lowest BCUT2D eigenvalue weighted by molar-refractivity contribution is 0.511. The van der Waals surface area contributed by atoms with Gasteiger partial charge in [-0.25, -0.2) is 8.42 Å². The quantitative estimate of drug-likeness (QED) is 0.856. The summed E-state index contributed by atoms with van der Waals surface area (Å²) in [5, 5.41) is -0.457. The number of hydrogen-bond acceptors (Lipinski definition) is 4. The minimum Gasteiger partial charge on any atom is -0.330 e. The van der Waals surface area contributed by atoms with Crippen molar-refractivity contribution in [2.45, 2.75) is 11.2 Å². The summed E-state index contributed by atoms with van der Waals surface area (Å²) in [7, 11) is -3.14. The van der Waals surface area contributed by atoms with Crippen molar-refractivity contribution < 1.29 is 8.42 Å². The Morgan fingerprint density at radius 3 is 2.06 bits per heavy atom. The van der Waals surface area contributed by atoms with Crippen molar-refractivity contribution in [2.24, 2.45) is 16.9 Å². The zero-order valence-corrected chi connectivity index (χ0v) is 12.5. The molecular formula is C12H17BrN2O2S. The molecule has 0 radical (unpaired) electrons. The zero-order valence-electron chi connectivity index (χ0n) is 10.1. The molecule has 2 atom stereocenters. The lowest BCUT2D eigenvalue weighted by atomic mass is 9.99. The van der Waals surface area contributed by atoms with Gasteiger partial charge < -0.3 is 11.5 Å². The maximum Gasteiger partial charge on any atom is 0.151 e. The Balaban J connectivity index is 2.41. The smallest absolute Gasteiger partial charge is 0.151 e. The third-order valence-electron chi connectivity index (χ3n) is 3.83. The molecule has 0 unspecified atom stereocenters. The summed E-state index contributed by atoms with van der Waals surface area (Å²) in [4.78, 5) is 0. The molecule has 0 saturated heterocycles. The monoisotopic (exact) mass is 332 g/mol. The van der Waals surface area contributed by atoms with Gasteiger partial charge in [0.25, 0.3) is 0 Å². The molecule has 1 aromatic carbocycles. The number of nitrogens with two attached hydrogens (primary N) is 2. The summed E-state index contributed by atoms with van der Waals surface area (Å²) in [6, 6.07) is 7.68. The van der Waals surface area contributed by atoms with Crippen LogP contribution < -0.4 is 11.5 Å². The third kappa shape index (κ3) is 2.11. The molecule has 1 saturated carbocycles. The minimum absolute atomic E-state index is 0.0874. The van der Waals surface area contributed by atoms with Crippen molar-refractivity contribution in [3.63, 3.8) is 0 Å². The Morgan fingerprint density at radius 2 is 1.72 bits per heavy atom. The van der Waals surface area contributed by atoms with E-state index >= 15 is 0 Å². The summed E-state index contributed by atoms with van der Waals surface area (Å²) < 4.78 is 24.7. The first-order chi connectivity index (χ1) is 8.36. The van der Waals surface area contributed by atoms with Gasteiger partial charge in [0.15, 0.2) is 9.84 Å². The standard InChI is InChI=1S/C12H17BrN2O2S/c1-18(16,17)11-10(12(11,6-14)7-15)8-2-4-9(13)5-3-8/h2-5,10-11H,6-7,14-15H2,1H3/t10-,11+/m1/s1. The second-order valence-corrected chi connectivity index (χ2v) is 8.00. The SMILES string of the molecule is CS(=O)(=O)[C@H]1[C@@H](c2ccc(Br)cc2)C1(CN)CN. The molecule has 1 fully saturated rings. The van der Waals surface area contributed by atoms with Gasteiger partial charge in [-0.15, -0.1) is 0 Å². The molecule has 1 aromatic rings. The van der Waals surface area contributed by atoms with Crippen LogP contribution in [0, 0.1) is 5.41 Å². The fourth-order valence-electron chi connectivity index (χ4n) is 2.87. The van der Waals surface area contributed by atoms with E-state index in [2.05, 4.69) is 15.9 Å². The third-order valence-corrected chi connectivity index (χ3v) is 6.02. The van der Waals surface area contributed by atoms with E-state index in [1.807, 2.05) is 24.3 Å². The lowest BCUT2D eigenvalue weighted by Gasteiger charge is -2.12. The molecule has 0 aliphatic heterocycles. The van der Waals surface area contributed by atoms with Gasteiger partial charge in [-0.3, -0.25) is 0 Å². The van der Waals surface area contributed by atoms with Crippen molar-refractivity contribution >= 4 is 25.8 Å². The molecule has 100 valence electrons. The highest BCUT2D eigenvalue weighted by Crippen LogP contribution is 2.61. The van der Waals surface area contributed by atoms with E-state index in [1.165, 1.54) is 6.26 Å². The van der Waals surface area contributed by atoms with E-state index < -0.39 is 20.5 Å². The molecule has 0 bridgehead atoms. The molecule has 1 aliphatic carbocycles. The first kappa shape index (κ1) is 14.0. The number of hydrogen-bond donors (Lipinski definition) is 2. The first-order valence-electron chi connectivity index (χ1n) is 5.71. The largest absolute Gasteiger partial charge is 0.330 e. The van der Waals surface area contributed by atoms with Gasteiger partial charge in [0.1, 0.15) is 0 Å². The van der Waals surface area contributed by atoms with E-state index in [1.54, 1.807) is 0 Å². The highest BCUT2D eigenvalue weighted by Gasteiger charge is 2.68. The second kappa shape index (κ2) is 4.59. The predicted octanol–water partition coefficient (Wildman–Crippen LogP) is 0.863. The van der Waals surface area contributed by atoms with Gasteiger partial charge in [-0.2, -0.15) is 0 Å². The second-order valence-electron chi connectivity index (χ2n) is 4.92. The van der Waals surface area contributed by atoms with Crippen LogP contribution in [0.15, 0.2) is 28.7 Å². The maximum atomic E-state index is 11.9. The first-order valence-corrected chi connectivity index (χ1v) is 8.46. The van der Waals surface area contributed by atoms with Crippen LogP contribution in [0.4, 0.5) is 0 Å². The zero-order chi connectivity index (χ0) is 13.6. The van der Waals surface area contributed by atoms with Gasteiger partial charge in [0.05, 0.1) is 5.25 Å². The van der Waals surface area contributed by atoms with Crippen LogP contribution in [0.3, 0.4) is 0 Å². The van der Waals surface area contributed by atoms with Crippen molar-refractivity contribution in [1.82, 2.24) is 0 Å². The Labute approximate surface area is 116 Å². The van der Waals surface area contributed by atoms with Crippen LogP contribution >= 0.6 is 15.9 Å². The summed E-state index contributed by atoms with van der Waals surface area (Å²) in [5.74, 6) is -0.0874. The molecule has 0 heterocycles. The van der Waals surface area contributed by atoms with Crippen LogP contribution in [-0.4, -0.2) is 33.0 Å². The van der Waals surface area contributed by atoms with Crippen molar-refractivity contribution in [1.29, 1.82) is 0 Å². The molecule has 0 aromatic heterocycles. The minimum atomic E-state index is -3.14.